The Hall–Kier alpha value is -0.750. The number of carbonyl (C=O) groups is 1. The lowest BCUT2D eigenvalue weighted by Crippen LogP contribution is -2.41. The predicted octanol–water partition coefficient (Wildman–Crippen LogP) is 0.879. The molecule has 1 fully saturated rings. The average molecular weight is 289 g/mol. The van der Waals surface area contributed by atoms with E-state index in [1.807, 2.05) is 24.3 Å². The van der Waals surface area contributed by atoms with Crippen molar-refractivity contribution in [1.29, 1.82) is 0 Å². The molecule has 1 saturated heterocycles. The van der Waals surface area contributed by atoms with Crippen LogP contribution in [0.1, 0.15) is 11.1 Å². The fourth-order valence-electron chi connectivity index (χ4n) is 1.71. The van der Waals surface area contributed by atoms with Crippen LogP contribution >= 0.6 is 24.2 Å². The van der Waals surface area contributed by atoms with Gasteiger partial charge in [-0.15, -0.1) is 24.2 Å². The first kappa shape index (κ1) is 15.3. The van der Waals surface area contributed by atoms with Gasteiger partial charge in [-0.05, 0) is 11.1 Å². The van der Waals surface area contributed by atoms with E-state index in [2.05, 4.69) is 10.6 Å². The minimum atomic E-state index is -0.0685. The van der Waals surface area contributed by atoms with E-state index in [0.717, 1.165) is 22.8 Å². The molecule has 18 heavy (non-hydrogen) atoms. The van der Waals surface area contributed by atoms with Crippen molar-refractivity contribution in [3.05, 3.63) is 35.4 Å². The van der Waals surface area contributed by atoms with Crippen LogP contribution in [0.3, 0.4) is 0 Å². The zero-order chi connectivity index (χ0) is 12.1. The molecule has 0 aliphatic carbocycles. The highest BCUT2D eigenvalue weighted by Gasteiger charge is 2.21. The summed E-state index contributed by atoms with van der Waals surface area (Å²) in [5, 5.41) is 15.0. The van der Waals surface area contributed by atoms with Gasteiger partial charge in [-0.3, -0.25) is 10.1 Å². The highest BCUT2D eigenvalue weighted by Crippen LogP contribution is 2.10. The third kappa shape index (κ3) is 4.17. The highest BCUT2D eigenvalue weighted by molar-refractivity contribution is 7.99. The maximum atomic E-state index is 11.7. The molecule has 1 heterocycles. The number of rotatable bonds is 4. The SMILES string of the molecule is Cl.O=C(NCc1cccc(CO)c1)C1CSCN1. The summed E-state index contributed by atoms with van der Waals surface area (Å²) in [6.45, 7) is 0.540. The molecule has 0 bridgehead atoms. The van der Waals surface area contributed by atoms with Gasteiger partial charge in [-0.1, -0.05) is 24.3 Å². The van der Waals surface area contributed by atoms with Gasteiger partial charge in [0.25, 0.3) is 0 Å². The maximum absolute atomic E-state index is 11.7. The summed E-state index contributed by atoms with van der Waals surface area (Å²) < 4.78 is 0. The molecule has 2 rings (SSSR count). The first-order valence-electron chi connectivity index (χ1n) is 5.57. The highest BCUT2D eigenvalue weighted by atomic mass is 35.5. The van der Waals surface area contributed by atoms with Gasteiger partial charge < -0.3 is 10.4 Å². The van der Waals surface area contributed by atoms with E-state index in [0.29, 0.717) is 6.54 Å². The molecule has 100 valence electrons. The number of nitrogens with one attached hydrogen (secondary N) is 2. The molecule has 0 saturated carbocycles. The van der Waals surface area contributed by atoms with Crippen molar-refractivity contribution >= 4 is 30.1 Å². The quantitative estimate of drug-likeness (QED) is 0.770. The first-order valence-corrected chi connectivity index (χ1v) is 6.72. The number of amides is 1. The lowest BCUT2D eigenvalue weighted by Gasteiger charge is -2.10. The van der Waals surface area contributed by atoms with Crippen molar-refractivity contribution in [1.82, 2.24) is 10.6 Å². The number of aliphatic hydroxyl groups is 1. The van der Waals surface area contributed by atoms with Crippen molar-refractivity contribution in [3.8, 4) is 0 Å². The molecule has 1 atom stereocenters. The van der Waals surface area contributed by atoms with Crippen molar-refractivity contribution in [2.45, 2.75) is 19.2 Å². The molecule has 1 aliphatic heterocycles. The summed E-state index contributed by atoms with van der Waals surface area (Å²) in [4.78, 5) is 11.7. The third-order valence-electron chi connectivity index (χ3n) is 2.67. The number of carbonyl (C=O) groups excluding carboxylic acids is 1. The minimum absolute atomic E-state index is 0. The fourth-order valence-corrected chi connectivity index (χ4v) is 2.66. The molecule has 1 aromatic rings. The summed E-state index contributed by atoms with van der Waals surface area (Å²) in [6, 6.07) is 7.52. The van der Waals surface area contributed by atoms with E-state index in [1.165, 1.54) is 0 Å². The molecule has 1 amide bonds. The van der Waals surface area contributed by atoms with Crippen molar-refractivity contribution < 1.29 is 9.90 Å². The van der Waals surface area contributed by atoms with Crippen LogP contribution in [-0.4, -0.2) is 28.7 Å². The smallest absolute Gasteiger partial charge is 0.238 e. The Labute approximate surface area is 117 Å². The number of thioether (sulfide) groups is 1. The number of aliphatic hydroxyl groups excluding tert-OH is 1. The van der Waals surface area contributed by atoms with E-state index in [4.69, 9.17) is 5.11 Å². The van der Waals surface area contributed by atoms with Crippen molar-refractivity contribution in [3.63, 3.8) is 0 Å². The topological polar surface area (TPSA) is 61.4 Å². The fraction of sp³-hybridized carbons (Fsp3) is 0.417. The molecule has 0 aromatic heterocycles. The number of hydrogen-bond acceptors (Lipinski definition) is 4. The molecule has 3 N–H and O–H groups in total. The van der Waals surface area contributed by atoms with E-state index in [1.54, 1.807) is 11.8 Å². The Morgan fingerprint density at radius 1 is 1.50 bits per heavy atom. The van der Waals surface area contributed by atoms with Gasteiger partial charge in [0.05, 0.1) is 12.6 Å². The van der Waals surface area contributed by atoms with Gasteiger partial charge >= 0.3 is 0 Å². The van der Waals surface area contributed by atoms with Gasteiger partial charge in [0.2, 0.25) is 5.91 Å². The molecule has 4 nitrogen and oxygen atoms in total. The van der Waals surface area contributed by atoms with E-state index < -0.39 is 0 Å². The second-order valence-electron chi connectivity index (χ2n) is 3.97. The Bertz CT molecular complexity index is 397. The van der Waals surface area contributed by atoms with Gasteiger partial charge in [0, 0.05) is 18.2 Å². The molecular formula is C12H17ClN2O2S. The second-order valence-corrected chi connectivity index (χ2v) is 5.00. The van der Waals surface area contributed by atoms with Gasteiger partial charge in [0.15, 0.2) is 0 Å². The van der Waals surface area contributed by atoms with Crippen molar-refractivity contribution in [2.24, 2.45) is 0 Å². The first-order chi connectivity index (χ1) is 8.29. The third-order valence-corrected chi connectivity index (χ3v) is 3.61. The van der Waals surface area contributed by atoms with Crippen LogP contribution in [0.25, 0.3) is 0 Å². The lowest BCUT2D eigenvalue weighted by atomic mass is 10.1. The Morgan fingerprint density at radius 3 is 2.94 bits per heavy atom. The zero-order valence-electron chi connectivity index (χ0n) is 9.89. The monoisotopic (exact) mass is 288 g/mol. The van der Waals surface area contributed by atoms with Crippen LogP contribution < -0.4 is 10.6 Å². The summed E-state index contributed by atoms with van der Waals surface area (Å²) >= 11 is 1.73. The van der Waals surface area contributed by atoms with Crippen LogP contribution in [-0.2, 0) is 17.9 Å². The molecule has 0 radical (unpaired) electrons. The number of halogens is 1. The summed E-state index contributed by atoms with van der Waals surface area (Å²) in [5.74, 6) is 1.73. The van der Waals surface area contributed by atoms with Crippen LogP contribution in [0.4, 0.5) is 0 Å². The second kappa shape index (κ2) is 7.63. The lowest BCUT2D eigenvalue weighted by molar-refractivity contribution is -0.122. The van der Waals surface area contributed by atoms with Gasteiger partial charge in [0.1, 0.15) is 0 Å². The van der Waals surface area contributed by atoms with E-state index in [9.17, 15) is 4.79 Å². The maximum Gasteiger partial charge on any atom is 0.238 e. The standard InChI is InChI=1S/C12H16N2O2S.ClH/c15-6-10-3-1-2-9(4-10)5-13-12(16)11-7-17-8-14-11;/h1-4,11,14-15H,5-8H2,(H,13,16);1H. The van der Waals surface area contributed by atoms with Crippen LogP contribution in [0.5, 0.6) is 0 Å². The summed E-state index contributed by atoms with van der Waals surface area (Å²) in [7, 11) is 0. The zero-order valence-corrected chi connectivity index (χ0v) is 11.5. The van der Waals surface area contributed by atoms with Crippen LogP contribution in [0.15, 0.2) is 24.3 Å². The number of benzene rings is 1. The molecular weight excluding hydrogens is 272 g/mol. The predicted molar refractivity (Wildman–Crippen MR) is 75.7 cm³/mol. The molecule has 6 heteroatoms. The summed E-state index contributed by atoms with van der Waals surface area (Å²) in [5.41, 5.74) is 1.88. The van der Waals surface area contributed by atoms with E-state index in [-0.39, 0.29) is 31.0 Å². The van der Waals surface area contributed by atoms with Gasteiger partial charge in [-0.2, -0.15) is 0 Å². The number of hydrogen-bond donors (Lipinski definition) is 3. The van der Waals surface area contributed by atoms with E-state index >= 15 is 0 Å². The molecule has 1 aromatic carbocycles. The Balaban J connectivity index is 0.00000162. The van der Waals surface area contributed by atoms with Gasteiger partial charge in [-0.25, -0.2) is 0 Å². The van der Waals surface area contributed by atoms with Crippen molar-refractivity contribution in [2.75, 3.05) is 11.6 Å². The van der Waals surface area contributed by atoms with Crippen LogP contribution in [0.2, 0.25) is 0 Å². The Morgan fingerprint density at radius 2 is 2.28 bits per heavy atom. The average Bonchev–Trinajstić information content (AvgIpc) is 2.90. The molecule has 0 spiro atoms. The normalized spacial score (nSPS) is 18.2. The molecule has 1 unspecified atom stereocenters. The Kier molecular flexibility index (Phi) is 6.49. The minimum Gasteiger partial charge on any atom is -0.392 e. The summed E-state index contributed by atoms with van der Waals surface area (Å²) in [6.07, 6.45) is 0. The van der Waals surface area contributed by atoms with Crippen LogP contribution in [0, 0.1) is 0 Å². The molecule has 1 aliphatic rings. The largest absolute Gasteiger partial charge is 0.392 e.